The first kappa shape index (κ1) is 25.4. The first-order valence-electron chi connectivity index (χ1n) is 9.61. The van der Waals surface area contributed by atoms with Crippen molar-refractivity contribution in [2.45, 2.75) is 51.4 Å². The first-order chi connectivity index (χ1) is 14.1. The minimum atomic E-state index is -1.16. The van der Waals surface area contributed by atoms with Gasteiger partial charge in [0.1, 0.15) is 18.1 Å². The number of carbonyl (C=O) groups excluding carboxylic acids is 3. The zero-order chi connectivity index (χ0) is 22.8. The van der Waals surface area contributed by atoms with Gasteiger partial charge in [-0.05, 0) is 18.4 Å². The second kappa shape index (κ2) is 12.2. The smallest absolute Gasteiger partial charge is 0.326 e. The molecule has 0 aliphatic carbocycles. The molecule has 6 N–H and O–H groups in total. The number of nitrogens with one attached hydrogen (secondary N) is 3. The maximum atomic E-state index is 12.8. The van der Waals surface area contributed by atoms with E-state index in [2.05, 4.69) is 28.6 Å². The molecular formula is C20H30N4O5S. The van der Waals surface area contributed by atoms with Gasteiger partial charge in [-0.15, -0.1) is 0 Å². The second-order valence-electron chi connectivity index (χ2n) is 7.34. The molecule has 0 spiro atoms. The predicted octanol–water partition coefficient (Wildman–Crippen LogP) is -0.299. The average molecular weight is 439 g/mol. The van der Waals surface area contributed by atoms with E-state index >= 15 is 0 Å². The van der Waals surface area contributed by atoms with Gasteiger partial charge in [0, 0.05) is 12.2 Å². The Morgan fingerprint density at radius 2 is 1.57 bits per heavy atom. The predicted molar refractivity (Wildman–Crippen MR) is 116 cm³/mol. The van der Waals surface area contributed by atoms with Gasteiger partial charge in [-0.3, -0.25) is 14.4 Å². The van der Waals surface area contributed by atoms with Crippen LogP contribution in [0.3, 0.4) is 0 Å². The molecule has 0 saturated heterocycles. The molecule has 0 aliphatic rings. The van der Waals surface area contributed by atoms with Crippen LogP contribution in [0.1, 0.15) is 26.3 Å². The van der Waals surface area contributed by atoms with Crippen LogP contribution >= 0.6 is 12.6 Å². The summed E-state index contributed by atoms with van der Waals surface area (Å²) in [6.45, 7) is 4.77. The molecule has 0 heterocycles. The third kappa shape index (κ3) is 8.03. The van der Waals surface area contributed by atoms with E-state index in [4.69, 9.17) is 5.73 Å². The zero-order valence-corrected chi connectivity index (χ0v) is 18.2. The normalized spacial score (nSPS) is 14.9. The molecule has 10 heteroatoms. The Kier molecular flexibility index (Phi) is 10.3. The number of thiol groups is 1. The quantitative estimate of drug-likeness (QED) is 0.261. The molecule has 0 aromatic heterocycles. The molecule has 30 heavy (non-hydrogen) atoms. The molecule has 9 nitrogen and oxygen atoms in total. The fraction of sp³-hybridized carbons (Fsp3) is 0.500. The Labute approximate surface area is 181 Å². The van der Waals surface area contributed by atoms with Crippen LogP contribution in [-0.4, -0.2) is 58.7 Å². The van der Waals surface area contributed by atoms with E-state index in [0.29, 0.717) is 0 Å². The summed E-state index contributed by atoms with van der Waals surface area (Å²) in [5.74, 6) is -3.15. The molecular weight excluding hydrogens is 408 g/mol. The lowest BCUT2D eigenvalue weighted by Crippen LogP contribution is -2.57. The largest absolute Gasteiger partial charge is 0.480 e. The molecule has 0 saturated carbocycles. The Bertz CT molecular complexity index is 744. The number of amides is 3. The topological polar surface area (TPSA) is 151 Å². The van der Waals surface area contributed by atoms with Crippen LogP contribution in [0.4, 0.5) is 0 Å². The van der Waals surface area contributed by atoms with Crippen LogP contribution in [-0.2, 0) is 25.6 Å². The van der Waals surface area contributed by atoms with E-state index in [9.17, 15) is 24.3 Å². The van der Waals surface area contributed by atoms with Crippen molar-refractivity contribution in [3.8, 4) is 0 Å². The van der Waals surface area contributed by atoms with Gasteiger partial charge in [-0.25, -0.2) is 4.79 Å². The Morgan fingerprint density at radius 1 is 0.967 bits per heavy atom. The van der Waals surface area contributed by atoms with Crippen molar-refractivity contribution in [1.82, 2.24) is 16.0 Å². The van der Waals surface area contributed by atoms with Gasteiger partial charge in [0.2, 0.25) is 17.7 Å². The summed E-state index contributed by atoms with van der Waals surface area (Å²) in [7, 11) is 0. The molecule has 1 aromatic rings. The molecule has 166 valence electrons. The Morgan fingerprint density at radius 3 is 2.07 bits per heavy atom. The summed E-state index contributed by atoms with van der Waals surface area (Å²) >= 11 is 3.99. The highest BCUT2D eigenvalue weighted by Crippen LogP contribution is 2.06. The fourth-order valence-corrected chi connectivity index (χ4v) is 2.76. The van der Waals surface area contributed by atoms with E-state index in [1.807, 2.05) is 6.07 Å². The van der Waals surface area contributed by atoms with Crippen molar-refractivity contribution in [3.05, 3.63) is 35.9 Å². The molecule has 0 radical (unpaired) electrons. The van der Waals surface area contributed by atoms with Gasteiger partial charge >= 0.3 is 5.97 Å². The van der Waals surface area contributed by atoms with Crippen LogP contribution in [0.25, 0.3) is 0 Å². The molecule has 0 aliphatic heterocycles. The molecule has 3 amide bonds. The number of hydrogen-bond acceptors (Lipinski definition) is 6. The van der Waals surface area contributed by atoms with Gasteiger partial charge in [-0.2, -0.15) is 12.6 Å². The summed E-state index contributed by atoms with van der Waals surface area (Å²) < 4.78 is 0. The van der Waals surface area contributed by atoms with E-state index < -0.39 is 47.9 Å². The van der Waals surface area contributed by atoms with E-state index in [1.54, 1.807) is 38.1 Å². The van der Waals surface area contributed by atoms with Crippen molar-refractivity contribution >= 4 is 36.3 Å². The second-order valence-corrected chi connectivity index (χ2v) is 7.70. The number of carboxylic acid groups (broad SMARTS) is 1. The fourth-order valence-electron chi connectivity index (χ4n) is 2.59. The number of carboxylic acids is 1. The molecule has 1 rings (SSSR count). The lowest BCUT2D eigenvalue weighted by Gasteiger charge is -2.24. The van der Waals surface area contributed by atoms with Crippen molar-refractivity contribution in [2.75, 3.05) is 5.75 Å². The van der Waals surface area contributed by atoms with E-state index in [-0.39, 0.29) is 18.1 Å². The number of rotatable bonds is 11. The molecule has 1 aromatic carbocycles. The molecule has 0 fully saturated rings. The number of nitrogens with two attached hydrogens (primary N) is 1. The van der Waals surface area contributed by atoms with Crippen molar-refractivity contribution in [1.29, 1.82) is 0 Å². The average Bonchev–Trinajstić information content (AvgIpc) is 2.70. The lowest BCUT2D eigenvalue weighted by molar-refractivity contribution is -0.143. The third-order valence-electron chi connectivity index (χ3n) is 4.43. The van der Waals surface area contributed by atoms with Crippen LogP contribution in [0.15, 0.2) is 30.3 Å². The summed E-state index contributed by atoms with van der Waals surface area (Å²) in [5.41, 5.74) is 6.49. The monoisotopic (exact) mass is 438 g/mol. The van der Waals surface area contributed by atoms with E-state index in [1.165, 1.54) is 6.92 Å². The standard InChI is InChI=1S/C20H30N4O5S/c1-11(2)16(20(28)29)24-17(25)12(3)22-19(27)15(23-18(26)14(21)10-30)9-13-7-5-4-6-8-13/h4-8,11-12,14-16,30H,9-10,21H2,1-3H3,(H,22,27)(H,23,26)(H,24,25)(H,28,29). The highest BCUT2D eigenvalue weighted by atomic mass is 32.1. The minimum absolute atomic E-state index is 0.107. The Balaban J connectivity index is 2.87. The summed E-state index contributed by atoms with van der Waals surface area (Å²) in [5, 5.41) is 16.7. The van der Waals surface area contributed by atoms with Crippen LogP contribution in [0.5, 0.6) is 0 Å². The lowest BCUT2D eigenvalue weighted by atomic mass is 10.0. The first-order valence-corrected chi connectivity index (χ1v) is 10.2. The van der Waals surface area contributed by atoms with Gasteiger partial charge < -0.3 is 26.8 Å². The zero-order valence-electron chi connectivity index (χ0n) is 17.3. The highest BCUT2D eigenvalue weighted by molar-refractivity contribution is 7.80. The summed E-state index contributed by atoms with van der Waals surface area (Å²) in [6.07, 6.45) is 0.190. The number of hydrogen-bond donors (Lipinski definition) is 6. The van der Waals surface area contributed by atoms with Crippen LogP contribution in [0, 0.1) is 5.92 Å². The molecule has 0 bridgehead atoms. The van der Waals surface area contributed by atoms with Gasteiger partial charge in [-0.1, -0.05) is 44.2 Å². The van der Waals surface area contributed by atoms with Gasteiger partial charge in [0.25, 0.3) is 0 Å². The van der Waals surface area contributed by atoms with Crippen molar-refractivity contribution in [3.63, 3.8) is 0 Å². The van der Waals surface area contributed by atoms with Crippen molar-refractivity contribution < 1.29 is 24.3 Å². The maximum Gasteiger partial charge on any atom is 0.326 e. The van der Waals surface area contributed by atoms with Gasteiger partial charge in [0.05, 0.1) is 6.04 Å². The maximum absolute atomic E-state index is 12.8. The van der Waals surface area contributed by atoms with Crippen molar-refractivity contribution in [2.24, 2.45) is 11.7 Å². The number of benzene rings is 1. The van der Waals surface area contributed by atoms with Gasteiger partial charge in [0.15, 0.2) is 0 Å². The minimum Gasteiger partial charge on any atom is -0.480 e. The SMILES string of the molecule is CC(NC(=O)C(Cc1ccccc1)NC(=O)C(N)CS)C(=O)NC(C(=O)O)C(C)C. The summed E-state index contributed by atoms with van der Waals surface area (Å²) in [4.78, 5) is 48.6. The Hall–Kier alpha value is -2.59. The third-order valence-corrected chi connectivity index (χ3v) is 4.83. The van der Waals surface area contributed by atoms with Crippen LogP contribution < -0.4 is 21.7 Å². The van der Waals surface area contributed by atoms with Crippen LogP contribution in [0.2, 0.25) is 0 Å². The number of aliphatic carboxylic acids is 1. The molecule has 4 unspecified atom stereocenters. The number of carbonyl (C=O) groups is 4. The molecule has 4 atom stereocenters. The summed E-state index contributed by atoms with van der Waals surface area (Å²) in [6, 6.07) is 5.11. The van der Waals surface area contributed by atoms with E-state index in [0.717, 1.165) is 5.56 Å². The highest BCUT2D eigenvalue weighted by Gasteiger charge is 2.29.